The molecule has 0 bridgehead atoms. The molecule has 0 radical (unpaired) electrons. The third-order valence-electron chi connectivity index (χ3n) is 3.34. The lowest BCUT2D eigenvalue weighted by Crippen LogP contribution is -2.36. The Kier molecular flexibility index (Phi) is 2.25. The fraction of sp³-hybridized carbons (Fsp3) is 0.579. The molecule has 2 aromatic rings. The Labute approximate surface area is 194 Å². The Hall–Kier alpha value is -1.57. The molecule has 1 saturated heterocycles. The van der Waals surface area contributed by atoms with E-state index in [0.717, 1.165) is 6.92 Å². The second-order valence-electron chi connectivity index (χ2n) is 5.14. The van der Waals surface area contributed by atoms with E-state index in [4.69, 9.17) is 37.7 Å². The van der Waals surface area contributed by atoms with Gasteiger partial charge in [0, 0.05) is 33.1 Å². The standard InChI is InChI=1S/C19H26ClN3O3S/c1-12(2)23-18(26)15(16(24)13-11-14(20)27-19(13)23)17(25)21-7-6-10-22-8-4-3-5-9-22/h11-12,24H,3-10H2,1-2H3,(H,21,25)/i1D3,3D2,4D2,5D2,8D2,9D2,10D2,11D,12D/hD2. The number of aromatic nitrogens is 1. The van der Waals surface area contributed by atoms with Gasteiger partial charge < -0.3 is 15.3 Å². The van der Waals surface area contributed by atoms with Crippen LogP contribution in [0.15, 0.2) is 10.8 Å². The number of hydrogen-bond acceptors (Lipinski definition) is 5. The van der Waals surface area contributed by atoms with Gasteiger partial charge in [0.2, 0.25) is 0 Å². The van der Waals surface area contributed by atoms with Crippen molar-refractivity contribution in [1.82, 2.24) is 14.8 Å². The number of pyridine rings is 1. The highest BCUT2D eigenvalue weighted by Crippen LogP contribution is 2.36. The summed E-state index contributed by atoms with van der Waals surface area (Å²) in [4.78, 5) is 26.2. The van der Waals surface area contributed by atoms with Gasteiger partial charge in [-0.1, -0.05) is 18.0 Å². The van der Waals surface area contributed by atoms with Crippen LogP contribution < -0.4 is 10.9 Å². The van der Waals surface area contributed by atoms with Crippen molar-refractivity contribution in [1.29, 1.82) is 1.43 Å². The molecule has 0 saturated carbocycles. The van der Waals surface area contributed by atoms with Crippen LogP contribution in [-0.2, 0) is 0 Å². The normalized spacial score (nSPS) is 38.2. The highest BCUT2D eigenvalue weighted by molar-refractivity contribution is 7.22. The predicted molar refractivity (Wildman–Crippen MR) is 110 cm³/mol. The second kappa shape index (κ2) is 8.63. The quantitative estimate of drug-likeness (QED) is 0.703. The molecule has 1 amide bonds. The average Bonchev–Trinajstić information content (AvgIpc) is 3.16. The van der Waals surface area contributed by atoms with Crippen LogP contribution in [0.25, 0.3) is 10.2 Å². The minimum absolute atomic E-state index is 0.140. The second-order valence-corrected chi connectivity index (χ2v) is 6.74. The number of carbonyl (C=O) groups is 1. The molecule has 1 unspecified atom stereocenters. The van der Waals surface area contributed by atoms with Gasteiger partial charge in [-0.15, -0.1) is 11.3 Å². The highest BCUT2D eigenvalue weighted by atomic mass is 35.5. The van der Waals surface area contributed by atoms with Gasteiger partial charge in [0.1, 0.15) is 16.1 Å². The van der Waals surface area contributed by atoms with Crippen LogP contribution in [0.5, 0.6) is 5.75 Å². The topological polar surface area (TPSA) is 74.6 Å². The number of aromatic hydroxyl groups is 1. The van der Waals surface area contributed by atoms with Gasteiger partial charge in [-0.25, -0.2) is 0 Å². The summed E-state index contributed by atoms with van der Waals surface area (Å²) in [5.74, 6) is -2.66. The number of carbonyl (C=O) groups excluding carboxylic acids is 1. The summed E-state index contributed by atoms with van der Waals surface area (Å²) in [5, 5.41) is 3.78. The Balaban J connectivity index is 2.15. The number of nitrogens with zero attached hydrogens (tertiary/aromatic N) is 2. The summed E-state index contributed by atoms with van der Waals surface area (Å²) in [6.07, 6.45) is -12.8. The number of amides is 1. The van der Waals surface area contributed by atoms with Gasteiger partial charge in [-0.2, -0.15) is 0 Å². The molecule has 8 heteroatoms. The van der Waals surface area contributed by atoms with Gasteiger partial charge in [-0.05, 0) is 58.5 Å². The van der Waals surface area contributed by atoms with Crippen LogP contribution in [0.1, 0.15) is 79.0 Å². The van der Waals surface area contributed by atoms with Gasteiger partial charge in [0.05, 0.1) is 12.5 Å². The highest BCUT2D eigenvalue weighted by Gasteiger charge is 2.24. The molecule has 1 fully saturated rings. The summed E-state index contributed by atoms with van der Waals surface area (Å²) in [7, 11) is 0. The Morgan fingerprint density at radius 3 is 3.15 bits per heavy atom. The van der Waals surface area contributed by atoms with E-state index in [1.807, 2.05) is 0 Å². The number of piperidine rings is 1. The van der Waals surface area contributed by atoms with Crippen LogP contribution in [0.4, 0.5) is 0 Å². The number of thiophene rings is 1. The van der Waals surface area contributed by atoms with Crippen molar-refractivity contribution < 1.29 is 34.6 Å². The number of rotatable bonds is 7. The van der Waals surface area contributed by atoms with Gasteiger partial charge >= 0.3 is 0 Å². The molecule has 3 rings (SSSR count). The van der Waals surface area contributed by atoms with Crippen LogP contribution in [0.3, 0.4) is 0 Å². The lowest BCUT2D eigenvalue weighted by Gasteiger charge is -2.26. The lowest BCUT2D eigenvalue weighted by atomic mass is 10.1. The molecule has 0 aromatic carbocycles. The van der Waals surface area contributed by atoms with Gasteiger partial charge in [0.15, 0.2) is 1.41 Å². The molecule has 0 spiro atoms. The number of halogens is 1. The maximum Gasteiger partial charge on any atom is 0.293 e. The largest absolute Gasteiger partial charge is 0.506 e. The summed E-state index contributed by atoms with van der Waals surface area (Å²) in [5.41, 5.74) is -2.81. The summed E-state index contributed by atoms with van der Waals surface area (Å²) in [6.45, 7) is -14.8. The SMILES string of the molecule is [2H]Oc1c(C(=O)N([2H])CCC([2H])([2H])N2C([2H])([2H])C([2H])([2H])C([2H])([2H])C([2H])([2H])C2([2H])[2H])c(=O)n(C([2H])(C)C([2H])([2H])[2H])c2sc(Cl)c([2H])c12. The Morgan fingerprint density at radius 2 is 2.44 bits per heavy atom. The van der Waals surface area contributed by atoms with Crippen LogP contribution in [0.2, 0.25) is 5.75 Å². The first-order valence-corrected chi connectivity index (χ1v) is 8.64. The third kappa shape index (κ3) is 4.31. The molecular weight excluding hydrogens is 386 g/mol. The predicted octanol–water partition coefficient (Wildman–Crippen LogP) is 3.61. The van der Waals surface area contributed by atoms with Crippen molar-refractivity contribution in [3.05, 3.63) is 26.3 Å². The average molecular weight is 431 g/mol. The summed E-state index contributed by atoms with van der Waals surface area (Å²) >= 11 is 6.49. The van der Waals surface area contributed by atoms with Gasteiger partial charge in [0.25, 0.3) is 12.9 Å². The van der Waals surface area contributed by atoms with Crippen molar-refractivity contribution >= 4 is 39.1 Å². The summed E-state index contributed by atoms with van der Waals surface area (Å²) < 4.78 is 153. The van der Waals surface area contributed by atoms with E-state index < -0.39 is 108 Å². The number of hydrogen-bond donors (Lipinski definition) is 2. The fourth-order valence-corrected chi connectivity index (χ4v) is 3.44. The van der Waals surface area contributed by atoms with E-state index in [1.54, 1.807) is 0 Å². The zero-order valence-corrected chi connectivity index (χ0v) is 15.3. The molecule has 148 valence electrons. The minimum atomic E-state index is -3.87. The van der Waals surface area contributed by atoms with Crippen molar-refractivity contribution in [3.63, 3.8) is 0 Å². The van der Waals surface area contributed by atoms with Crippen LogP contribution in [0, 0.1) is 0 Å². The number of nitrogens with one attached hydrogen (secondary N) is 1. The Morgan fingerprint density at radius 1 is 1.67 bits per heavy atom. The monoisotopic (exact) mass is 430 g/mol. The van der Waals surface area contributed by atoms with Crippen molar-refractivity contribution in [2.45, 2.75) is 45.3 Å². The maximum atomic E-state index is 13.6. The maximum absolute atomic E-state index is 13.6. The van der Waals surface area contributed by atoms with Crippen molar-refractivity contribution in [2.75, 3.05) is 26.0 Å². The molecule has 1 aliphatic rings. The first kappa shape index (κ1) is 7.04. The summed E-state index contributed by atoms with van der Waals surface area (Å²) in [6, 6.07) is -3.45. The third-order valence-corrected chi connectivity index (χ3v) is 4.53. The molecule has 1 atom stereocenters. The first-order chi connectivity index (χ1) is 20.3. The van der Waals surface area contributed by atoms with E-state index in [1.165, 1.54) is 0 Å². The lowest BCUT2D eigenvalue weighted by molar-refractivity contribution is 0.0946. The molecule has 1 aliphatic heterocycles. The molecule has 3 heterocycles. The molecular formula is C19H26ClN3O3S. The molecule has 6 nitrogen and oxygen atoms in total. The van der Waals surface area contributed by atoms with Gasteiger partial charge in [-0.3, -0.25) is 14.2 Å². The minimum Gasteiger partial charge on any atom is -0.506 e. The van der Waals surface area contributed by atoms with Crippen LogP contribution >= 0.6 is 22.9 Å². The zero-order valence-electron chi connectivity index (χ0n) is 32.8. The number of likely N-dealkylation sites (tertiary alicyclic amines) is 1. The van der Waals surface area contributed by atoms with Crippen molar-refractivity contribution in [2.24, 2.45) is 0 Å². The van der Waals surface area contributed by atoms with Crippen molar-refractivity contribution in [3.8, 4) is 5.75 Å². The zero-order chi connectivity index (χ0) is 36.2. The fourth-order valence-electron chi connectivity index (χ4n) is 2.25. The first-order valence-electron chi connectivity index (χ1n) is 16.8. The number of fused-ring (bicyclic) bond motifs is 1. The molecule has 0 aliphatic carbocycles. The van der Waals surface area contributed by atoms with E-state index in [-0.39, 0.29) is 9.65 Å². The smallest absolute Gasteiger partial charge is 0.293 e. The van der Waals surface area contributed by atoms with E-state index in [0.29, 0.717) is 15.9 Å². The molecule has 27 heavy (non-hydrogen) atoms. The van der Waals surface area contributed by atoms with Crippen LogP contribution in [-0.4, -0.2) is 47.9 Å². The van der Waals surface area contributed by atoms with E-state index >= 15 is 0 Å². The van der Waals surface area contributed by atoms with E-state index in [9.17, 15) is 9.59 Å². The van der Waals surface area contributed by atoms with E-state index in [2.05, 4.69) is 5.11 Å². The molecule has 2 aromatic heterocycles. The Bertz CT molecular complexity index is 1590. The molecule has 2 N–H and O–H groups in total.